The van der Waals surface area contributed by atoms with E-state index in [2.05, 4.69) is 0 Å². The van der Waals surface area contributed by atoms with Gasteiger partial charge in [-0.1, -0.05) is 6.07 Å². The molecule has 82 valence electrons. The minimum absolute atomic E-state index is 0.0999. The highest BCUT2D eigenvalue weighted by molar-refractivity contribution is 5.75. The smallest absolute Gasteiger partial charge is 0.123 e. The fourth-order valence-corrected chi connectivity index (χ4v) is 1.65. The van der Waals surface area contributed by atoms with Crippen LogP contribution in [-0.4, -0.2) is 5.11 Å². The largest absolute Gasteiger partial charge is 0.507 e. The second-order valence-electron chi connectivity index (χ2n) is 3.74. The van der Waals surface area contributed by atoms with Gasteiger partial charge in [0.25, 0.3) is 0 Å². The molecule has 2 rings (SSSR count). The van der Waals surface area contributed by atoms with Gasteiger partial charge in [-0.25, -0.2) is 4.39 Å². The average Bonchev–Trinajstić information content (AvgIpc) is 2.25. The van der Waals surface area contributed by atoms with Gasteiger partial charge in [0.05, 0.1) is 0 Å². The first-order valence-corrected chi connectivity index (χ1v) is 4.93. The monoisotopic (exact) mass is 217 g/mol. The zero-order valence-corrected chi connectivity index (χ0v) is 8.87. The number of aromatic hydroxyl groups is 1. The Labute approximate surface area is 93.2 Å². The van der Waals surface area contributed by atoms with Crippen LogP contribution in [-0.2, 0) is 0 Å². The molecular weight excluding hydrogens is 205 g/mol. The fourth-order valence-electron chi connectivity index (χ4n) is 1.65. The molecule has 0 saturated heterocycles. The maximum Gasteiger partial charge on any atom is 0.123 e. The minimum atomic E-state index is -0.331. The van der Waals surface area contributed by atoms with Crippen LogP contribution in [0.25, 0.3) is 11.1 Å². The zero-order chi connectivity index (χ0) is 11.7. The number of halogens is 1. The van der Waals surface area contributed by atoms with Gasteiger partial charge in [0.1, 0.15) is 11.6 Å². The van der Waals surface area contributed by atoms with Gasteiger partial charge < -0.3 is 10.8 Å². The number of rotatable bonds is 1. The molecule has 0 aromatic heterocycles. The summed E-state index contributed by atoms with van der Waals surface area (Å²) in [7, 11) is 0. The Morgan fingerprint density at radius 1 is 1.06 bits per heavy atom. The van der Waals surface area contributed by atoms with Crippen molar-refractivity contribution in [2.75, 3.05) is 5.73 Å². The Bertz CT molecular complexity index is 488. The van der Waals surface area contributed by atoms with Gasteiger partial charge in [0, 0.05) is 11.3 Å². The molecule has 0 heterocycles. The molecule has 3 N–H and O–H groups in total. The van der Waals surface area contributed by atoms with E-state index in [0.29, 0.717) is 16.8 Å². The molecule has 0 spiro atoms. The van der Waals surface area contributed by atoms with Crippen molar-refractivity contribution >= 4 is 5.69 Å². The molecule has 0 aliphatic heterocycles. The van der Waals surface area contributed by atoms with Gasteiger partial charge in [-0.2, -0.15) is 0 Å². The highest BCUT2D eigenvalue weighted by Crippen LogP contribution is 2.33. The Balaban J connectivity index is 2.66. The first-order chi connectivity index (χ1) is 7.58. The molecule has 2 aromatic carbocycles. The lowest BCUT2D eigenvalue weighted by Crippen LogP contribution is -1.89. The number of phenolic OH excluding ortho intramolecular Hbond substituents is 1. The lowest BCUT2D eigenvalue weighted by Gasteiger charge is -2.09. The second-order valence-corrected chi connectivity index (χ2v) is 3.74. The van der Waals surface area contributed by atoms with Crippen molar-refractivity contribution in [1.82, 2.24) is 0 Å². The van der Waals surface area contributed by atoms with Gasteiger partial charge in [0.15, 0.2) is 0 Å². The van der Waals surface area contributed by atoms with Crippen LogP contribution in [0, 0.1) is 12.7 Å². The van der Waals surface area contributed by atoms with Crippen molar-refractivity contribution in [3.05, 3.63) is 47.8 Å². The molecule has 0 radical (unpaired) electrons. The predicted molar refractivity (Wildman–Crippen MR) is 62.7 cm³/mol. The van der Waals surface area contributed by atoms with Crippen molar-refractivity contribution in [2.24, 2.45) is 0 Å². The van der Waals surface area contributed by atoms with E-state index in [1.807, 2.05) is 6.92 Å². The number of hydrogen-bond donors (Lipinski definition) is 2. The highest BCUT2D eigenvalue weighted by Gasteiger charge is 2.08. The molecule has 0 bridgehead atoms. The minimum Gasteiger partial charge on any atom is -0.507 e. The number of nitrogen functional groups attached to an aromatic ring is 1. The predicted octanol–water partition coefficient (Wildman–Crippen LogP) is 3.09. The lowest BCUT2D eigenvalue weighted by atomic mass is 9.99. The molecular formula is C13H12FNO. The molecule has 2 nitrogen and oxygen atoms in total. The van der Waals surface area contributed by atoms with E-state index in [9.17, 15) is 9.50 Å². The average molecular weight is 217 g/mol. The van der Waals surface area contributed by atoms with Crippen molar-refractivity contribution < 1.29 is 9.50 Å². The van der Waals surface area contributed by atoms with Crippen LogP contribution < -0.4 is 5.73 Å². The van der Waals surface area contributed by atoms with E-state index in [1.165, 1.54) is 18.2 Å². The van der Waals surface area contributed by atoms with Crippen LogP contribution in [0.2, 0.25) is 0 Å². The van der Waals surface area contributed by atoms with Crippen molar-refractivity contribution in [3.8, 4) is 16.9 Å². The molecule has 3 heteroatoms. The second kappa shape index (κ2) is 3.85. The number of anilines is 1. The van der Waals surface area contributed by atoms with E-state index < -0.39 is 0 Å². The Hall–Kier alpha value is -2.03. The van der Waals surface area contributed by atoms with E-state index in [-0.39, 0.29) is 11.6 Å². The molecule has 0 aliphatic carbocycles. The number of aryl methyl sites for hydroxylation is 1. The van der Waals surface area contributed by atoms with E-state index in [1.54, 1.807) is 18.2 Å². The summed E-state index contributed by atoms with van der Waals surface area (Å²) in [4.78, 5) is 0. The summed E-state index contributed by atoms with van der Waals surface area (Å²) < 4.78 is 13.2. The van der Waals surface area contributed by atoms with Gasteiger partial charge in [0.2, 0.25) is 0 Å². The summed E-state index contributed by atoms with van der Waals surface area (Å²) in [6, 6.07) is 9.21. The Kier molecular flexibility index (Phi) is 2.52. The Morgan fingerprint density at radius 2 is 1.81 bits per heavy atom. The summed E-state index contributed by atoms with van der Waals surface area (Å²) in [5.41, 5.74) is 8.29. The van der Waals surface area contributed by atoms with Crippen molar-refractivity contribution in [2.45, 2.75) is 6.92 Å². The quantitative estimate of drug-likeness (QED) is 0.569. The maximum atomic E-state index is 13.2. The van der Waals surface area contributed by atoms with Crippen LogP contribution in [0.3, 0.4) is 0 Å². The van der Waals surface area contributed by atoms with Gasteiger partial charge in [-0.15, -0.1) is 0 Å². The van der Waals surface area contributed by atoms with Gasteiger partial charge in [-0.3, -0.25) is 0 Å². The third kappa shape index (κ3) is 1.84. The van der Waals surface area contributed by atoms with Gasteiger partial charge >= 0.3 is 0 Å². The number of hydrogen-bond acceptors (Lipinski definition) is 2. The molecule has 0 aliphatic rings. The molecule has 0 amide bonds. The first-order valence-electron chi connectivity index (χ1n) is 4.93. The SMILES string of the molecule is Cc1ccc(F)cc1-c1cc(N)ccc1O. The maximum absolute atomic E-state index is 13.2. The normalized spacial score (nSPS) is 10.4. The van der Waals surface area contributed by atoms with E-state index >= 15 is 0 Å². The molecule has 0 atom stereocenters. The first kappa shape index (κ1) is 10.5. The third-order valence-corrected chi connectivity index (χ3v) is 2.51. The lowest BCUT2D eigenvalue weighted by molar-refractivity contribution is 0.477. The van der Waals surface area contributed by atoms with E-state index in [0.717, 1.165) is 5.56 Å². The molecule has 2 aromatic rings. The summed E-state index contributed by atoms with van der Waals surface area (Å²) in [6.07, 6.45) is 0. The van der Waals surface area contributed by atoms with Crippen LogP contribution >= 0.6 is 0 Å². The summed E-state index contributed by atoms with van der Waals surface area (Å²) in [5, 5.41) is 9.73. The van der Waals surface area contributed by atoms with Crippen molar-refractivity contribution in [3.63, 3.8) is 0 Å². The van der Waals surface area contributed by atoms with Crippen LogP contribution in [0.1, 0.15) is 5.56 Å². The standard InChI is InChI=1S/C13H12FNO/c1-8-2-3-9(14)6-11(8)12-7-10(15)4-5-13(12)16/h2-7,16H,15H2,1H3. The number of nitrogens with two attached hydrogens (primary N) is 1. The number of benzene rings is 2. The fraction of sp³-hybridized carbons (Fsp3) is 0.0769. The highest BCUT2D eigenvalue weighted by atomic mass is 19.1. The molecule has 0 saturated carbocycles. The van der Waals surface area contributed by atoms with Crippen LogP contribution in [0.4, 0.5) is 10.1 Å². The van der Waals surface area contributed by atoms with Gasteiger partial charge in [-0.05, 0) is 48.4 Å². The molecule has 16 heavy (non-hydrogen) atoms. The summed E-state index contributed by atoms with van der Waals surface area (Å²) in [5.74, 6) is -0.231. The van der Waals surface area contributed by atoms with Crippen molar-refractivity contribution in [1.29, 1.82) is 0 Å². The molecule has 0 unspecified atom stereocenters. The van der Waals surface area contributed by atoms with E-state index in [4.69, 9.17) is 5.73 Å². The van der Waals surface area contributed by atoms with Crippen LogP contribution in [0.5, 0.6) is 5.75 Å². The summed E-state index contributed by atoms with van der Waals surface area (Å²) in [6.45, 7) is 1.86. The number of phenols is 1. The Morgan fingerprint density at radius 3 is 2.56 bits per heavy atom. The third-order valence-electron chi connectivity index (χ3n) is 2.51. The zero-order valence-electron chi connectivity index (χ0n) is 8.87. The van der Waals surface area contributed by atoms with Crippen LogP contribution in [0.15, 0.2) is 36.4 Å². The molecule has 0 fully saturated rings. The topological polar surface area (TPSA) is 46.2 Å². The summed E-state index contributed by atoms with van der Waals surface area (Å²) >= 11 is 0.